The molecule has 154 valence electrons. The number of aromatic carboxylic acids is 1. The lowest BCUT2D eigenvalue weighted by atomic mass is 10.2. The van der Waals surface area contributed by atoms with Crippen molar-refractivity contribution >= 4 is 27.5 Å². The Balaban J connectivity index is 2.17. The molecule has 0 unspecified atom stereocenters. The number of aryl methyl sites for hydroxylation is 3. The quantitative estimate of drug-likeness (QED) is 0.653. The molecule has 0 aromatic carbocycles. The minimum atomic E-state index is -4.51. The Kier molecular flexibility index (Phi) is 5.60. The third-order valence-electron chi connectivity index (χ3n) is 4.45. The average Bonchev–Trinajstić information content (AvgIpc) is 2.99. The predicted molar refractivity (Wildman–Crippen MR) is 101 cm³/mol. The van der Waals surface area contributed by atoms with Gasteiger partial charge in [0.2, 0.25) is 0 Å². The Morgan fingerprint density at radius 2 is 1.97 bits per heavy atom. The summed E-state index contributed by atoms with van der Waals surface area (Å²) in [6.07, 6.45) is -2.40. The Bertz CT molecular complexity index is 1180. The number of carboxylic acid groups (broad SMARTS) is 1. The van der Waals surface area contributed by atoms with E-state index in [0.29, 0.717) is 11.3 Å². The second kappa shape index (κ2) is 7.82. The first-order valence-electron chi connectivity index (χ1n) is 8.56. The van der Waals surface area contributed by atoms with E-state index in [4.69, 9.17) is 0 Å². The molecule has 0 radical (unpaired) electrons. The standard InChI is InChI=1S/C18H16F3N3O4S/c1-10-12-14(25)23(7-4-11-3-2-6-22-9-11)17(28)24(8-5-18(19,20)21)15(12)29-13(10)16(26)27/h2-3,6,9H,4-5,7-8H2,1H3,(H,26,27). The Labute approximate surface area is 165 Å². The fourth-order valence-corrected chi connectivity index (χ4v) is 4.18. The number of alkyl halides is 3. The SMILES string of the molecule is Cc1c(C(=O)O)sc2c1c(=O)n(CCc1cccnc1)c(=O)n2CCC(F)(F)F. The number of hydrogen-bond donors (Lipinski definition) is 1. The molecule has 0 aliphatic carbocycles. The summed E-state index contributed by atoms with van der Waals surface area (Å²) >= 11 is 0.633. The molecule has 3 rings (SSSR count). The Hall–Kier alpha value is -2.95. The lowest BCUT2D eigenvalue weighted by Gasteiger charge is -2.13. The zero-order valence-corrected chi connectivity index (χ0v) is 16.0. The van der Waals surface area contributed by atoms with Crippen molar-refractivity contribution in [3.8, 4) is 0 Å². The van der Waals surface area contributed by atoms with E-state index in [-0.39, 0.29) is 33.6 Å². The van der Waals surface area contributed by atoms with E-state index in [1.54, 1.807) is 24.5 Å². The number of carboxylic acids is 1. The lowest BCUT2D eigenvalue weighted by Crippen LogP contribution is -2.40. The topological polar surface area (TPSA) is 94.2 Å². The number of thiophene rings is 1. The van der Waals surface area contributed by atoms with Crippen molar-refractivity contribution in [3.63, 3.8) is 0 Å². The summed E-state index contributed by atoms with van der Waals surface area (Å²) in [6.45, 7) is 0.641. The van der Waals surface area contributed by atoms with Crippen LogP contribution in [0.3, 0.4) is 0 Å². The first-order chi connectivity index (χ1) is 13.6. The number of aromatic nitrogens is 3. The van der Waals surface area contributed by atoms with Gasteiger partial charge in [-0.05, 0) is 30.5 Å². The van der Waals surface area contributed by atoms with Crippen LogP contribution in [-0.2, 0) is 19.5 Å². The van der Waals surface area contributed by atoms with Crippen LogP contribution in [0.2, 0.25) is 0 Å². The molecule has 7 nitrogen and oxygen atoms in total. The third kappa shape index (κ3) is 4.24. The Morgan fingerprint density at radius 3 is 2.55 bits per heavy atom. The number of nitrogens with zero attached hydrogens (tertiary/aromatic N) is 3. The zero-order chi connectivity index (χ0) is 21.3. The first kappa shape index (κ1) is 20.8. The number of hydrogen-bond acceptors (Lipinski definition) is 5. The molecule has 0 aliphatic rings. The van der Waals surface area contributed by atoms with Crippen molar-refractivity contribution < 1.29 is 23.1 Å². The molecule has 3 heterocycles. The van der Waals surface area contributed by atoms with Crippen molar-refractivity contribution in [3.05, 3.63) is 61.4 Å². The van der Waals surface area contributed by atoms with Gasteiger partial charge in [-0.15, -0.1) is 11.3 Å². The molecule has 0 saturated carbocycles. The fourth-order valence-electron chi connectivity index (χ4n) is 3.02. The molecule has 0 aliphatic heterocycles. The van der Waals surface area contributed by atoms with Crippen LogP contribution < -0.4 is 11.2 Å². The highest BCUT2D eigenvalue weighted by Crippen LogP contribution is 2.29. The van der Waals surface area contributed by atoms with Gasteiger partial charge in [0.25, 0.3) is 5.56 Å². The van der Waals surface area contributed by atoms with Crippen LogP contribution in [0.1, 0.15) is 27.2 Å². The lowest BCUT2D eigenvalue weighted by molar-refractivity contribution is -0.136. The molecular formula is C18H16F3N3O4S. The number of pyridine rings is 1. The van der Waals surface area contributed by atoms with E-state index in [0.717, 1.165) is 14.7 Å². The summed E-state index contributed by atoms with van der Waals surface area (Å²) in [4.78, 5) is 40.9. The maximum Gasteiger partial charge on any atom is 0.390 e. The predicted octanol–water partition coefficient (Wildman–Crippen LogP) is 2.82. The summed E-state index contributed by atoms with van der Waals surface area (Å²) in [6, 6.07) is 3.43. The second-order valence-corrected chi connectivity index (χ2v) is 7.41. The van der Waals surface area contributed by atoms with Gasteiger partial charge in [0.1, 0.15) is 9.71 Å². The zero-order valence-electron chi connectivity index (χ0n) is 15.2. The Morgan fingerprint density at radius 1 is 1.24 bits per heavy atom. The van der Waals surface area contributed by atoms with Crippen LogP contribution in [-0.4, -0.2) is 31.4 Å². The van der Waals surface area contributed by atoms with Crippen molar-refractivity contribution in [1.29, 1.82) is 0 Å². The first-order valence-corrected chi connectivity index (χ1v) is 9.37. The highest BCUT2D eigenvalue weighted by Gasteiger charge is 2.29. The van der Waals surface area contributed by atoms with E-state index >= 15 is 0 Å². The number of carbonyl (C=O) groups is 1. The van der Waals surface area contributed by atoms with Gasteiger partial charge in [-0.3, -0.25) is 18.9 Å². The van der Waals surface area contributed by atoms with Crippen molar-refractivity contribution in [2.75, 3.05) is 0 Å². The molecule has 0 fully saturated rings. The summed E-state index contributed by atoms with van der Waals surface area (Å²) in [5.74, 6) is -1.31. The molecule has 3 aromatic rings. The van der Waals surface area contributed by atoms with E-state index in [1.807, 2.05) is 0 Å². The highest BCUT2D eigenvalue weighted by molar-refractivity contribution is 7.20. The summed E-state index contributed by atoms with van der Waals surface area (Å²) in [7, 11) is 0. The minimum Gasteiger partial charge on any atom is -0.477 e. The van der Waals surface area contributed by atoms with Crippen LogP contribution in [0.4, 0.5) is 13.2 Å². The van der Waals surface area contributed by atoms with Crippen molar-refractivity contribution in [2.45, 2.75) is 39.0 Å². The monoisotopic (exact) mass is 427 g/mol. The van der Waals surface area contributed by atoms with Gasteiger partial charge in [0.15, 0.2) is 0 Å². The van der Waals surface area contributed by atoms with Gasteiger partial charge in [0, 0.05) is 25.5 Å². The summed E-state index contributed by atoms with van der Waals surface area (Å²) in [5.41, 5.74) is -0.723. The molecular weight excluding hydrogens is 411 g/mol. The molecule has 29 heavy (non-hydrogen) atoms. The van der Waals surface area contributed by atoms with Gasteiger partial charge in [-0.25, -0.2) is 9.59 Å². The van der Waals surface area contributed by atoms with Gasteiger partial charge in [-0.2, -0.15) is 13.2 Å². The number of fused-ring (bicyclic) bond motifs is 1. The van der Waals surface area contributed by atoms with Gasteiger partial charge < -0.3 is 5.11 Å². The number of rotatable bonds is 6. The fraction of sp³-hybridized carbons (Fsp3) is 0.333. The smallest absolute Gasteiger partial charge is 0.390 e. The van der Waals surface area contributed by atoms with Gasteiger partial charge in [-0.1, -0.05) is 6.07 Å². The molecule has 0 atom stereocenters. The van der Waals surface area contributed by atoms with E-state index in [2.05, 4.69) is 4.98 Å². The van der Waals surface area contributed by atoms with Gasteiger partial charge in [0.05, 0.1) is 11.8 Å². The van der Waals surface area contributed by atoms with Crippen LogP contribution in [0.5, 0.6) is 0 Å². The second-order valence-electron chi connectivity index (χ2n) is 6.41. The highest BCUT2D eigenvalue weighted by atomic mass is 32.1. The maximum atomic E-state index is 12.9. The largest absolute Gasteiger partial charge is 0.477 e. The summed E-state index contributed by atoms with van der Waals surface area (Å²) < 4.78 is 40.0. The third-order valence-corrected chi connectivity index (χ3v) is 5.76. The minimum absolute atomic E-state index is 0.0413. The van der Waals surface area contributed by atoms with Crippen molar-refractivity contribution in [2.24, 2.45) is 0 Å². The normalized spacial score (nSPS) is 11.9. The van der Waals surface area contributed by atoms with Crippen LogP contribution in [0, 0.1) is 6.92 Å². The van der Waals surface area contributed by atoms with Crippen LogP contribution >= 0.6 is 11.3 Å². The molecule has 0 bridgehead atoms. The van der Waals surface area contributed by atoms with Crippen molar-refractivity contribution in [1.82, 2.24) is 14.1 Å². The van der Waals surface area contributed by atoms with E-state index in [1.165, 1.54) is 6.92 Å². The van der Waals surface area contributed by atoms with Crippen LogP contribution in [0.15, 0.2) is 34.1 Å². The van der Waals surface area contributed by atoms with Gasteiger partial charge >= 0.3 is 17.8 Å². The molecule has 1 N–H and O–H groups in total. The molecule has 3 aromatic heterocycles. The maximum absolute atomic E-state index is 12.9. The molecule has 0 spiro atoms. The molecule has 0 amide bonds. The molecule has 11 heteroatoms. The average molecular weight is 427 g/mol. The molecule has 0 saturated heterocycles. The number of halogens is 3. The summed E-state index contributed by atoms with van der Waals surface area (Å²) in [5, 5.41) is 9.28. The van der Waals surface area contributed by atoms with Crippen LogP contribution in [0.25, 0.3) is 10.2 Å². The van der Waals surface area contributed by atoms with E-state index < -0.39 is 36.4 Å². The van der Waals surface area contributed by atoms with E-state index in [9.17, 15) is 32.7 Å².